The van der Waals surface area contributed by atoms with Gasteiger partial charge >= 0.3 is 0 Å². The van der Waals surface area contributed by atoms with Gasteiger partial charge < -0.3 is 14.6 Å². The molecule has 2 rings (SSSR count). The number of aromatic nitrogens is 2. The summed E-state index contributed by atoms with van der Waals surface area (Å²) in [6.07, 6.45) is 1.66. The molecule has 1 amide bonds. The zero-order chi connectivity index (χ0) is 19.9. The summed E-state index contributed by atoms with van der Waals surface area (Å²) in [5.41, 5.74) is 0.438. The van der Waals surface area contributed by atoms with E-state index in [1.54, 1.807) is 31.4 Å². The first kappa shape index (κ1) is 20.6. The van der Waals surface area contributed by atoms with Crippen molar-refractivity contribution in [3.05, 3.63) is 41.5 Å². The molecule has 0 aliphatic rings. The summed E-state index contributed by atoms with van der Waals surface area (Å²) >= 11 is 0. The topological polar surface area (TPSA) is 94.3 Å². The molecule has 1 aromatic carbocycles. The molecular formula is C20H27N3O4. The van der Waals surface area contributed by atoms with Gasteiger partial charge in [0.1, 0.15) is 5.75 Å². The Hall–Kier alpha value is -2.70. The van der Waals surface area contributed by atoms with Crippen molar-refractivity contribution in [3.8, 4) is 5.75 Å². The van der Waals surface area contributed by atoms with Gasteiger partial charge in [0.25, 0.3) is 0 Å². The van der Waals surface area contributed by atoms with Crippen LogP contribution < -0.4 is 10.1 Å². The largest absolute Gasteiger partial charge is 0.497 e. The third-order valence-corrected chi connectivity index (χ3v) is 4.00. The third kappa shape index (κ3) is 6.51. The molecule has 0 saturated carbocycles. The SMILES string of the molecule is COc1ccc(C(=O)CCCC(=O)NCCc2noc(C(C)(C)C)n2)cc1. The number of nitrogens with zero attached hydrogens (tertiary/aromatic N) is 2. The monoisotopic (exact) mass is 373 g/mol. The fraction of sp³-hybridized carbons (Fsp3) is 0.500. The smallest absolute Gasteiger partial charge is 0.232 e. The van der Waals surface area contributed by atoms with Crippen molar-refractivity contribution in [3.63, 3.8) is 0 Å². The van der Waals surface area contributed by atoms with Gasteiger partial charge in [-0.3, -0.25) is 9.59 Å². The van der Waals surface area contributed by atoms with Gasteiger partial charge in [0.05, 0.1) is 7.11 Å². The number of nitrogens with one attached hydrogen (secondary N) is 1. The van der Waals surface area contributed by atoms with Gasteiger partial charge in [-0.2, -0.15) is 4.98 Å². The van der Waals surface area contributed by atoms with Crippen molar-refractivity contribution >= 4 is 11.7 Å². The lowest BCUT2D eigenvalue weighted by Crippen LogP contribution is -2.25. The van der Waals surface area contributed by atoms with E-state index in [4.69, 9.17) is 9.26 Å². The number of carbonyl (C=O) groups is 2. The molecule has 0 aliphatic heterocycles. The maximum atomic E-state index is 12.1. The normalized spacial score (nSPS) is 11.3. The minimum atomic E-state index is -0.190. The molecule has 0 fully saturated rings. The fourth-order valence-electron chi connectivity index (χ4n) is 2.39. The summed E-state index contributed by atoms with van der Waals surface area (Å²) in [4.78, 5) is 28.3. The number of methoxy groups -OCH3 is 1. The van der Waals surface area contributed by atoms with Gasteiger partial charge in [-0.25, -0.2) is 0 Å². The number of amides is 1. The Morgan fingerprint density at radius 2 is 1.85 bits per heavy atom. The van der Waals surface area contributed by atoms with Crippen LogP contribution in [0.25, 0.3) is 0 Å². The number of carbonyl (C=O) groups excluding carboxylic acids is 2. The number of benzene rings is 1. The Morgan fingerprint density at radius 3 is 2.44 bits per heavy atom. The van der Waals surface area contributed by atoms with Gasteiger partial charge in [0, 0.05) is 36.8 Å². The number of hydrogen-bond donors (Lipinski definition) is 1. The number of ketones is 1. The van der Waals surface area contributed by atoms with E-state index in [0.29, 0.717) is 55.3 Å². The van der Waals surface area contributed by atoms with Crippen molar-refractivity contribution in [2.45, 2.75) is 51.9 Å². The predicted molar refractivity (Wildman–Crippen MR) is 101 cm³/mol. The maximum absolute atomic E-state index is 12.1. The molecule has 0 unspecified atom stereocenters. The van der Waals surface area contributed by atoms with Crippen molar-refractivity contribution in [2.75, 3.05) is 13.7 Å². The van der Waals surface area contributed by atoms with Crippen molar-refractivity contribution in [2.24, 2.45) is 0 Å². The lowest BCUT2D eigenvalue weighted by molar-refractivity contribution is -0.121. The van der Waals surface area contributed by atoms with E-state index in [1.807, 2.05) is 20.8 Å². The summed E-state index contributed by atoms with van der Waals surface area (Å²) in [6, 6.07) is 6.97. The third-order valence-electron chi connectivity index (χ3n) is 4.00. The Balaban J connectivity index is 1.65. The van der Waals surface area contributed by atoms with E-state index in [0.717, 1.165) is 0 Å². The number of hydrogen-bond acceptors (Lipinski definition) is 6. The molecule has 0 bridgehead atoms. The van der Waals surface area contributed by atoms with Gasteiger partial charge in [-0.05, 0) is 30.7 Å². The highest BCUT2D eigenvalue weighted by molar-refractivity contribution is 5.96. The van der Waals surface area contributed by atoms with Crippen LogP contribution in [0.3, 0.4) is 0 Å². The van der Waals surface area contributed by atoms with Crippen LogP contribution in [-0.2, 0) is 16.6 Å². The highest BCUT2D eigenvalue weighted by atomic mass is 16.5. The van der Waals surface area contributed by atoms with E-state index in [1.165, 1.54) is 0 Å². The van der Waals surface area contributed by atoms with Crippen LogP contribution in [0.4, 0.5) is 0 Å². The highest BCUT2D eigenvalue weighted by Gasteiger charge is 2.21. The summed E-state index contributed by atoms with van der Waals surface area (Å²) in [5.74, 6) is 1.81. The van der Waals surface area contributed by atoms with Gasteiger partial charge in [0.2, 0.25) is 11.8 Å². The average Bonchev–Trinajstić information content (AvgIpc) is 3.11. The molecular weight excluding hydrogens is 346 g/mol. The van der Waals surface area contributed by atoms with Crippen LogP contribution in [-0.4, -0.2) is 35.5 Å². The molecule has 0 aliphatic carbocycles. The molecule has 0 radical (unpaired) electrons. The molecule has 2 aromatic rings. The molecule has 146 valence electrons. The Bertz CT molecular complexity index is 760. The van der Waals surface area contributed by atoms with Gasteiger partial charge in [-0.1, -0.05) is 25.9 Å². The second-order valence-corrected chi connectivity index (χ2v) is 7.37. The number of ether oxygens (including phenoxy) is 1. The first-order valence-corrected chi connectivity index (χ1v) is 9.06. The molecule has 0 saturated heterocycles. The zero-order valence-corrected chi connectivity index (χ0v) is 16.4. The van der Waals surface area contributed by atoms with E-state index in [9.17, 15) is 9.59 Å². The van der Waals surface area contributed by atoms with Crippen LogP contribution in [0.1, 0.15) is 62.1 Å². The highest BCUT2D eigenvalue weighted by Crippen LogP contribution is 2.19. The van der Waals surface area contributed by atoms with Crippen LogP contribution in [0, 0.1) is 0 Å². The molecule has 7 heteroatoms. The Labute approximate surface area is 159 Å². The zero-order valence-electron chi connectivity index (χ0n) is 16.4. The van der Waals surface area contributed by atoms with Crippen LogP contribution >= 0.6 is 0 Å². The molecule has 1 aromatic heterocycles. The van der Waals surface area contributed by atoms with Gasteiger partial charge in [-0.15, -0.1) is 0 Å². The Kier molecular flexibility index (Phi) is 7.10. The second-order valence-electron chi connectivity index (χ2n) is 7.37. The average molecular weight is 373 g/mol. The number of rotatable bonds is 9. The molecule has 27 heavy (non-hydrogen) atoms. The summed E-state index contributed by atoms with van der Waals surface area (Å²) in [6.45, 7) is 6.44. The molecule has 1 N–H and O–H groups in total. The van der Waals surface area contributed by atoms with E-state index in [2.05, 4.69) is 15.5 Å². The minimum Gasteiger partial charge on any atom is -0.497 e. The van der Waals surface area contributed by atoms with Crippen LogP contribution in [0.2, 0.25) is 0 Å². The molecule has 0 atom stereocenters. The summed E-state index contributed by atoms with van der Waals surface area (Å²) in [5, 5.41) is 6.74. The van der Waals surface area contributed by atoms with Crippen molar-refractivity contribution in [1.29, 1.82) is 0 Å². The second kappa shape index (κ2) is 9.30. The quantitative estimate of drug-likeness (QED) is 0.679. The molecule has 7 nitrogen and oxygen atoms in total. The summed E-state index contributed by atoms with van der Waals surface area (Å²) < 4.78 is 10.3. The van der Waals surface area contributed by atoms with Gasteiger partial charge in [0.15, 0.2) is 11.6 Å². The van der Waals surface area contributed by atoms with E-state index in [-0.39, 0.29) is 17.1 Å². The van der Waals surface area contributed by atoms with Crippen LogP contribution in [0.5, 0.6) is 5.75 Å². The van der Waals surface area contributed by atoms with Crippen molar-refractivity contribution < 1.29 is 18.8 Å². The predicted octanol–water partition coefficient (Wildman–Crippen LogP) is 3.09. The fourth-order valence-corrected chi connectivity index (χ4v) is 2.39. The van der Waals surface area contributed by atoms with Crippen molar-refractivity contribution in [1.82, 2.24) is 15.5 Å². The van der Waals surface area contributed by atoms with E-state index >= 15 is 0 Å². The summed E-state index contributed by atoms with van der Waals surface area (Å²) in [7, 11) is 1.58. The lowest BCUT2D eigenvalue weighted by Gasteiger charge is -2.10. The first-order chi connectivity index (χ1) is 12.8. The number of Topliss-reactive ketones (excluding diaryl/α,β-unsaturated/α-hetero) is 1. The maximum Gasteiger partial charge on any atom is 0.232 e. The minimum absolute atomic E-state index is 0.0203. The Morgan fingerprint density at radius 1 is 1.15 bits per heavy atom. The lowest BCUT2D eigenvalue weighted by atomic mass is 9.97. The molecule has 0 spiro atoms. The van der Waals surface area contributed by atoms with E-state index < -0.39 is 0 Å². The first-order valence-electron chi connectivity index (χ1n) is 9.06. The molecule has 1 heterocycles. The van der Waals surface area contributed by atoms with Crippen LogP contribution in [0.15, 0.2) is 28.8 Å². The standard InChI is InChI=1S/C20H27N3O4/c1-20(2,3)19-22-17(23-27-19)12-13-21-18(25)7-5-6-16(24)14-8-10-15(26-4)11-9-14/h8-11H,5-7,12-13H2,1-4H3,(H,21,25).